The Morgan fingerprint density at radius 3 is 2.36 bits per heavy atom. The molecule has 0 aromatic carbocycles. The quantitative estimate of drug-likeness (QED) is 0.383. The van der Waals surface area contributed by atoms with Gasteiger partial charge in [0, 0.05) is 25.2 Å². The van der Waals surface area contributed by atoms with Crippen LogP contribution in [0, 0.1) is 5.41 Å². The van der Waals surface area contributed by atoms with Crippen LogP contribution >= 0.6 is 24.0 Å². The van der Waals surface area contributed by atoms with E-state index < -0.39 is 15.6 Å². The van der Waals surface area contributed by atoms with Gasteiger partial charge in [0.2, 0.25) is 10.0 Å². The van der Waals surface area contributed by atoms with Crippen LogP contribution in [0.5, 0.6) is 0 Å². The van der Waals surface area contributed by atoms with Crippen molar-refractivity contribution in [3.05, 3.63) is 0 Å². The minimum absolute atomic E-state index is 0. The average molecular weight is 446 g/mol. The molecule has 0 radical (unpaired) electrons. The van der Waals surface area contributed by atoms with Gasteiger partial charge in [-0.25, -0.2) is 13.1 Å². The van der Waals surface area contributed by atoms with Crippen molar-refractivity contribution in [2.24, 2.45) is 10.4 Å². The predicted molar refractivity (Wildman–Crippen MR) is 103 cm³/mol. The van der Waals surface area contributed by atoms with Crippen molar-refractivity contribution in [1.29, 1.82) is 0 Å². The molecule has 0 aromatic heterocycles. The predicted octanol–water partition coefficient (Wildman–Crippen LogP) is 1.63. The first-order valence-corrected chi connectivity index (χ1v) is 9.35. The Hall–Kier alpha value is -0.0900. The molecule has 1 aliphatic rings. The summed E-state index contributed by atoms with van der Waals surface area (Å²) in [6.45, 7) is 13.4. The number of guanidine groups is 1. The molecule has 0 aromatic rings. The molecular weight excluding hydrogens is 415 g/mol. The van der Waals surface area contributed by atoms with Crippen molar-refractivity contribution in [2.45, 2.75) is 46.6 Å². The molecule has 8 heteroatoms. The number of likely N-dealkylation sites (tertiary alicyclic amines) is 1. The van der Waals surface area contributed by atoms with Gasteiger partial charge in [-0.3, -0.25) is 4.99 Å². The second-order valence-corrected chi connectivity index (χ2v) is 9.01. The Bertz CT molecular complexity index is 489. The molecule has 22 heavy (non-hydrogen) atoms. The van der Waals surface area contributed by atoms with E-state index in [4.69, 9.17) is 0 Å². The summed E-state index contributed by atoms with van der Waals surface area (Å²) >= 11 is 0. The maximum atomic E-state index is 11.4. The fourth-order valence-electron chi connectivity index (χ4n) is 2.53. The zero-order chi connectivity index (χ0) is 16.3. The molecule has 0 aliphatic carbocycles. The number of hydrogen-bond acceptors (Lipinski definition) is 3. The number of nitrogens with one attached hydrogen (secondary N) is 2. The van der Waals surface area contributed by atoms with Gasteiger partial charge >= 0.3 is 0 Å². The maximum absolute atomic E-state index is 11.4. The van der Waals surface area contributed by atoms with Crippen LogP contribution in [0.4, 0.5) is 0 Å². The number of aliphatic imine (C=N–C) groups is 1. The van der Waals surface area contributed by atoms with Crippen LogP contribution in [0.15, 0.2) is 4.99 Å². The van der Waals surface area contributed by atoms with E-state index in [1.165, 1.54) is 6.26 Å². The number of rotatable bonds is 5. The first-order valence-electron chi connectivity index (χ1n) is 7.46. The highest BCUT2D eigenvalue weighted by Gasteiger charge is 2.31. The van der Waals surface area contributed by atoms with E-state index in [1.54, 1.807) is 0 Å². The minimum atomic E-state index is -3.23. The molecule has 1 heterocycles. The van der Waals surface area contributed by atoms with Crippen LogP contribution in [-0.4, -0.2) is 57.3 Å². The highest BCUT2D eigenvalue weighted by atomic mass is 127. The summed E-state index contributed by atoms with van der Waals surface area (Å²) in [6, 6.07) is 0. The number of nitrogens with zero attached hydrogens (tertiary/aromatic N) is 2. The van der Waals surface area contributed by atoms with Crippen molar-refractivity contribution >= 4 is 40.0 Å². The van der Waals surface area contributed by atoms with E-state index in [2.05, 4.69) is 33.8 Å². The third-order valence-electron chi connectivity index (χ3n) is 3.40. The third-order valence-corrected chi connectivity index (χ3v) is 4.32. The van der Waals surface area contributed by atoms with Gasteiger partial charge in [0.15, 0.2) is 5.96 Å². The van der Waals surface area contributed by atoms with Gasteiger partial charge in [0.25, 0.3) is 0 Å². The summed E-state index contributed by atoms with van der Waals surface area (Å²) in [4.78, 5) is 6.87. The van der Waals surface area contributed by atoms with E-state index in [9.17, 15) is 8.42 Å². The molecule has 2 N–H and O–H groups in total. The molecule has 0 spiro atoms. The fraction of sp³-hybridized carbons (Fsp3) is 0.929. The zero-order valence-corrected chi connectivity index (χ0v) is 17.7. The Morgan fingerprint density at radius 2 is 1.95 bits per heavy atom. The molecule has 0 unspecified atom stereocenters. The maximum Gasteiger partial charge on any atom is 0.209 e. The molecule has 1 rings (SSSR count). The van der Waals surface area contributed by atoms with Gasteiger partial charge in [-0.05, 0) is 32.6 Å². The molecular formula is C14H31IN4O2S. The molecule has 1 saturated heterocycles. The van der Waals surface area contributed by atoms with Crippen molar-refractivity contribution in [3.63, 3.8) is 0 Å². The zero-order valence-electron chi connectivity index (χ0n) is 14.6. The summed E-state index contributed by atoms with van der Waals surface area (Å²) in [5.74, 6) is 0.867. The lowest BCUT2D eigenvalue weighted by atomic mass is 9.93. The highest BCUT2D eigenvalue weighted by Crippen LogP contribution is 2.28. The van der Waals surface area contributed by atoms with Crippen molar-refractivity contribution in [1.82, 2.24) is 14.9 Å². The largest absolute Gasteiger partial charge is 0.357 e. The van der Waals surface area contributed by atoms with Gasteiger partial charge in [-0.1, -0.05) is 13.8 Å². The van der Waals surface area contributed by atoms with Crippen molar-refractivity contribution < 1.29 is 8.42 Å². The van der Waals surface area contributed by atoms with Gasteiger partial charge in [0.1, 0.15) is 0 Å². The average Bonchev–Trinajstić information content (AvgIpc) is 2.61. The Kier molecular flexibility index (Phi) is 8.11. The standard InChI is InChI=1S/C14H30N4O2S.HI/c1-7-15-12(18-9-8-13(2,3)11-18)16-10-14(4,5)17-21(6,19)20;/h17H,7-11H2,1-6H3,(H,15,16);1H. The molecule has 0 bridgehead atoms. The lowest BCUT2D eigenvalue weighted by Crippen LogP contribution is -2.47. The summed E-state index contributed by atoms with van der Waals surface area (Å²) in [5, 5.41) is 3.30. The molecule has 0 atom stereocenters. The van der Waals surface area contributed by atoms with Crippen LogP contribution in [0.2, 0.25) is 0 Å². The lowest BCUT2D eigenvalue weighted by Gasteiger charge is -2.27. The Morgan fingerprint density at radius 1 is 1.36 bits per heavy atom. The van der Waals surface area contributed by atoms with Gasteiger partial charge in [-0.2, -0.15) is 0 Å². The molecule has 0 amide bonds. The number of sulfonamides is 1. The van der Waals surface area contributed by atoms with E-state index in [-0.39, 0.29) is 24.0 Å². The van der Waals surface area contributed by atoms with E-state index in [1.807, 2.05) is 20.8 Å². The molecule has 132 valence electrons. The van der Waals surface area contributed by atoms with Gasteiger partial charge in [-0.15, -0.1) is 24.0 Å². The third kappa shape index (κ3) is 7.96. The van der Waals surface area contributed by atoms with Crippen LogP contribution in [0.3, 0.4) is 0 Å². The normalized spacial score (nSPS) is 19.0. The van der Waals surface area contributed by atoms with Crippen LogP contribution < -0.4 is 10.0 Å². The van der Waals surface area contributed by atoms with Crippen LogP contribution in [0.1, 0.15) is 41.0 Å². The molecule has 0 saturated carbocycles. The first-order chi connectivity index (χ1) is 9.44. The number of hydrogen-bond donors (Lipinski definition) is 2. The lowest BCUT2D eigenvalue weighted by molar-refractivity contribution is 0.368. The molecule has 6 nitrogen and oxygen atoms in total. The van der Waals surface area contributed by atoms with Crippen molar-refractivity contribution in [3.8, 4) is 0 Å². The van der Waals surface area contributed by atoms with Gasteiger partial charge in [0.05, 0.1) is 12.8 Å². The Balaban J connectivity index is 0.00000441. The summed E-state index contributed by atoms with van der Waals surface area (Å²) in [5.41, 5.74) is -0.291. The van der Waals surface area contributed by atoms with Gasteiger partial charge < -0.3 is 10.2 Å². The fourth-order valence-corrected chi connectivity index (χ4v) is 3.59. The second kappa shape index (κ2) is 8.14. The van der Waals surface area contributed by atoms with E-state index >= 15 is 0 Å². The first kappa shape index (κ1) is 21.9. The Labute approximate surface area is 152 Å². The smallest absolute Gasteiger partial charge is 0.209 e. The van der Waals surface area contributed by atoms with E-state index in [0.29, 0.717) is 12.0 Å². The topological polar surface area (TPSA) is 73.8 Å². The summed E-state index contributed by atoms with van der Waals surface area (Å²) < 4.78 is 25.4. The number of halogens is 1. The highest BCUT2D eigenvalue weighted by molar-refractivity contribution is 14.0. The second-order valence-electron chi connectivity index (χ2n) is 7.26. The summed E-state index contributed by atoms with van der Waals surface area (Å²) in [7, 11) is -3.23. The monoisotopic (exact) mass is 446 g/mol. The van der Waals surface area contributed by atoms with E-state index in [0.717, 1.165) is 32.0 Å². The van der Waals surface area contributed by atoms with Crippen molar-refractivity contribution in [2.75, 3.05) is 32.4 Å². The molecule has 1 aliphatic heterocycles. The van der Waals surface area contributed by atoms with Crippen LogP contribution in [0.25, 0.3) is 0 Å². The van der Waals surface area contributed by atoms with Crippen LogP contribution in [-0.2, 0) is 10.0 Å². The minimum Gasteiger partial charge on any atom is -0.357 e. The molecule has 1 fully saturated rings. The summed E-state index contributed by atoms with van der Waals surface area (Å²) in [6.07, 6.45) is 2.31. The SMILES string of the molecule is CCNC(=NCC(C)(C)NS(C)(=O)=O)N1CCC(C)(C)C1.I.